The fraction of sp³-hybridized carbons (Fsp3) is 0.182. The Labute approximate surface area is 153 Å². The van der Waals surface area contributed by atoms with Gasteiger partial charge in [-0.15, -0.1) is 0 Å². The van der Waals surface area contributed by atoms with Crippen LogP contribution in [0.1, 0.15) is 16.7 Å². The largest absolute Gasteiger partial charge is 0.496 e. The zero-order valence-electron chi connectivity index (χ0n) is 14.7. The molecule has 0 fully saturated rings. The minimum atomic E-state index is -1.27. The van der Waals surface area contributed by atoms with Gasteiger partial charge in [0, 0.05) is 18.7 Å². The first-order valence-corrected chi connectivity index (χ1v) is 8.50. The van der Waals surface area contributed by atoms with Crippen LogP contribution in [-0.2, 0) is 12.1 Å². The normalized spacial score (nSPS) is 13.2. The van der Waals surface area contributed by atoms with Gasteiger partial charge in [0.15, 0.2) is 0 Å². The Balaban J connectivity index is 1.84. The van der Waals surface area contributed by atoms with Gasteiger partial charge in [-0.05, 0) is 29.3 Å². The molecule has 0 aliphatic rings. The highest BCUT2D eigenvalue weighted by Crippen LogP contribution is 2.29. The molecule has 0 unspecified atom stereocenters. The van der Waals surface area contributed by atoms with Crippen LogP contribution in [0.25, 0.3) is 0 Å². The van der Waals surface area contributed by atoms with E-state index >= 15 is 0 Å². The van der Waals surface area contributed by atoms with Gasteiger partial charge in [-0.2, -0.15) is 0 Å². The number of hydrogen-bond donors (Lipinski definition) is 2. The summed E-state index contributed by atoms with van der Waals surface area (Å²) in [5, 5.41) is 14.7. The maximum absolute atomic E-state index is 13.3. The molecular formula is C22H22FNO2. The van der Waals surface area contributed by atoms with Gasteiger partial charge >= 0.3 is 0 Å². The summed E-state index contributed by atoms with van der Waals surface area (Å²) >= 11 is 0. The van der Waals surface area contributed by atoms with Gasteiger partial charge in [0.05, 0.1) is 7.11 Å². The highest BCUT2D eigenvalue weighted by molar-refractivity contribution is 5.37. The third kappa shape index (κ3) is 3.93. The standard InChI is InChI=1S/C22H22FNO2/c1-26-21-10-6-5-7-17(21)15-24-16-22(25,18-8-3-2-4-9-18)19-11-13-20(23)14-12-19/h2-14,24-25H,15-16H2,1H3/t22-/m1/s1. The van der Waals surface area contributed by atoms with E-state index in [0.717, 1.165) is 16.9 Å². The molecule has 0 bridgehead atoms. The molecule has 0 saturated carbocycles. The quantitative estimate of drug-likeness (QED) is 0.679. The van der Waals surface area contributed by atoms with Crippen molar-refractivity contribution in [2.24, 2.45) is 0 Å². The number of nitrogens with one attached hydrogen (secondary N) is 1. The van der Waals surface area contributed by atoms with Crippen molar-refractivity contribution in [2.45, 2.75) is 12.1 Å². The molecule has 0 aliphatic carbocycles. The molecule has 0 heterocycles. The average Bonchev–Trinajstić information content (AvgIpc) is 2.69. The van der Waals surface area contributed by atoms with Crippen LogP contribution >= 0.6 is 0 Å². The molecule has 4 heteroatoms. The maximum Gasteiger partial charge on any atom is 0.127 e. The minimum Gasteiger partial charge on any atom is -0.496 e. The Morgan fingerprint density at radius 3 is 2.19 bits per heavy atom. The van der Waals surface area contributed by atoms with E-state index in [1.165, 1.54) is 12.1 Å². The zero-order chi connectivity index (χ0) is 18.4. The molecule has 0 spiro atoms. The molecule has 0 aliphatic heterocycles. The van der Waals surface area contributed by atoms with Crippen molar-refractivity contribution < 1.29 is 14.2 Å². The van der Waals surface area contributed by atoms with E-state index in [4.69, 9.17) is 4.74 Å². The average molecular weight is 351 g/mol. The first kappa shape index (κ1) is 18.1. The molecule has 1 atom stereocenters. The Bertz CT molecular complexity index is 836. The smallest absolute Gasteiger partial charge is 0.127 e. The highest BCUT2D eigenvalue weighted by Gasteiger charge is 2.31. The molecule has 3 aromatic rings. The van der Waals surface area contributed by atoms with Gasteiger partial charge in [0.1, 0.15) is 17.2 Å². The van der Waals surface area contributed by atoms with Crippen LogP contribution in [-0.4, -0.2) is 18.8 Å². The fourth-order valence-electron chi connectivity index (χ4n) is 3.04. The van der Waals surface area contributed by atoms with Gasteiger partial charge in [0.25, 0.3) is 0 Å². The monoisotopic (exact) mass is 351 g/mol. The van der Waals surface area contributed by atoms with E-state index in [1.807, 2.05) is 54.6 Å². The Hall–Kier alpha value is -2.69. The van der Waals surface area contributed by atoms with Crippen LogP contribution in [0.15, 0.2) is 78.9 Å². The first-order valence-electron chi connectivity index (χ1n) is 8.50. The predicted molar refractivity (Wildman–Crippen MR) is 101 cm³/mol. The third-order valence-electron chi connectivity index (χ3n) is 4.46. The summed E-state index contributed by atoms with van der Waals surface area (Å²) in [5.74, 6) is 0.469. The van der Waals surface area contributed by atoms with E-state index < -0.39 is 5.60 Å². The number of para-hydroxylation sites is 1. The Morgan fingerprint density at radius 2 is 1.50 bits per heavy atom. The van der Waals surface area contributed by atoms with Gasteiger partial charge in [0.2, 0.25) is 0 Å². The Morgan fingerprint density at radius 1 is 0.885 bits per heavy atom. The molecular weight excluding hydrogens is 329 g/mol. The van der Waals surface area contributed by atoms with Gasteiger partial charge in [-0.1, -0.05) is 60.7 Å². The number of aliphatic hydroxyl groups is 1. The first-order chi connectivity index (χ1) is 12.6. The predicted octanol–water partition coefficient (Wildman–Crippen LogP) is 3.86. The Kier molecular flexibility index (Phi) is 5.66. The molecule has 2 N–H and O–H groups in total. The van der Waals surface area contributed by atoms with Gasteiger partial charge in [-0.3, -0.25) is 0 Å². The summed E-state index contributed by atoms with van der Waals surface area (Å²) in [4.78, 5) is 0. The number of halogens is 1. The van der Waals surface area contributed by atoms with Crippen molar-refractivity contribution in [1.29, 1.82) is 0 Å². The lowest BCUT2D eigenvalue weighted by molar-refractivity contribution is 0.0795. The topological polar surface area (TPSA) is 41.5 Å². The van der Waals surface area contributed by atoms with Crippen molar-refractivity contribution in [3.63, 3.8) is 0 Å². The van der Waals surface area contributed by atoms with Crippen molar-refractivity contribution in [3.05, 3.63) is 101 Å². The van der Waals surface area contributed by atoms with Crippen LogP contribution in [0.2, 0.25) is 0 Å². The van der Waals surface area contributed by atoms with Gasteiger partial charge in [-0.25, -0.2) is 4.39 Å². The number of benzene rings is 3. The van der Waals surface area contributed by atoms with Crippen LogP contribution in [0.5, 0.6) is 5.75 Å². The summed E-state index contributed by atoms with van der Waals surface area (Å²) in [6.45, 7) is 0.820. The van der Waals surface area contributed by atoms with E-state index in [0.29, 0.717) is 12.1 Å². The number of methoxy groups -OCH3 is 1. The highest BCUT2D eigenvalue weighted by atomic mass is 19.1. The van der Waals surface area contributed by atoms with Crippen LogP contribution < -0.4 is 10.1 Å². The van der Waals surface area contributed by atoms with Crippen molar-refractivity contribution in [2.75, 3.05) is 13.7 Å². The zero-order valence-corrected chi connectivity index (χ0v) is 14.7. The lowest BCUT2D eigenvalue weighted by Gasteiger charge is -2.30. The van der Waals surface area contributed by atoms with Gasteiger partial charge < -0.3 is 15.2 Å². The fourth-order valence-corrected chi connectivity index (χ4v) is 3.04. The molecule has 0 amide bonds. The molecule has 26 heavy (non-hydrogen) atoms. The van der Waals surface area contributed by atoms with E-state index in [2.05, 4.69) is 5.32 Å². The summed E-state index contributed by atoms with van der Waals surface area (Å²) in [6, 6.07) is 23.1. The van der Waals surface area contributed by atoms with E-state index in [9.17, 15) is 9.50 Å². The van der Waals surface area contributed by atoms with Crippen LogP contribution in [0, 0.1) is 5.82 Å². The second kappa shape index (κ2) is 8.13. The summed E-state index contributed by atoms with van der Waals surface area (Å²) in [6.07, 6.45) is 0. The number of hydrogen-bond acceptors (Lipinski definition) is 3. The van der Waals surface area contributed by atoms with Crippen LogP contribution in [0.4, 0.5) is 4.39 Å². The lowest BCUT2D eigenvalue weighted by Crippen LogP contribution is -2.39. The second-order valence-electron chi connectivity index (χ2n) is 6.15. The molecule has 0 radical (unpaired) electrons. The minimum absolute atomic E-state index is 0.278. The molecule has 0 saturated heterocycles. The summed E-state index contributed by atoms with van der Waals surface area (Å²) in [5.41, 5.74) is 1.12. The summed E-state index contributed by atoms with van der Waals surface area (Å²) in [7, 11) is 1.64. The summed E-state index contributed by atoms with van der Waals surface area (Å²) < 4.78 is 18.7. The van der Waals surface area contributed by atoms with Crippen LogP contribution in [0.3, 0.4) is 0 Å². The second-order valence-corrected chi connectivity index (χ2v) is 6.15. The molecule has 134 valence electrons. The van der Waals surface area contributed by atoms with E-state index in [1.54, 1.807) is 19.2 Å². The lowest BCUT2D eigenvalue weighted by atomic mass is 9.86. The molecule has 3 nitrogen and oxygen atoms in total. The van der Waals surface area contributed by atoms with Crippen molar-refractivity contribution in [1.82, 2.24) is 5.32 Å². The molecule has 0 aromatic heterocycles. The SMILES string of the molecule is COc1ccccc1CNC[C@@](O)(c1ccccc1)c1ccc(F)cc1. The van der Waals surface area contributed by atoms with E-state index in [-0.39, 0.29) is 12.4 Å². The molecule has 3 aromatic carbocycles. The number of ether oxygens (including phenoxy) is 1. The van der Waals surface area contributed by atoms with Crippen molar-refractivity contribution >= 4 is 0 Å². The van der Waals surface area contributed by atoms with Crippen molar-refractivity contribution in [3.8, 4) is 5.75 Å². The third-order valence-corrected chi connectivity index (χ3v) is 4.46. The molecule has 3 rings (SSSR count). The maximum atomic E-state index is 13.3. The number of rotatable bonds is 7.